The smallest absolute Gasteiger partial charge is 0.325 e. The number of hydrogen-bond acceptors (Lipinski definition) is 9. The highest BCUT2D eigenvalue weighted by Gasteiger charge is 2.30. The van der Waals surface area contributed by atoms with E-state index in [1.807, 2.05) is 0 Å². The van der Waals surface area contributed by atoms with E-state index >= 15 is 0 Å². The number of carbonyl (C=O) groups excluding carboxylic acids is 2. The topological polar surface area (TPSA) is 180 Å². The number of aromatic nitrogens is 3. The molecule has 0 aliphatic heterocycles. The van der Waals surface area contributed by atoms with E-state index in [4.69, 9.17) is 0 Å². The second-order valence-corrected chi connectivity index (χ2v) is 13.3. The molecule has 0 saturated heterocycles. The number of sulfone groups is 1. The summed E-state index contributed by atoms with van der Waals surface area (Å²) in [5.41, 5.74) is -0.0175. The first-order chi connectivity index (χ1) is 17.4. The number of benzene rings is 1. The van der Waals surface area contributed by atoms with Crippen LogP contribution in [0.25, 0.3) is 0 Å². The summed E-state index contributed by atoms with van der Waals surface area (Å²) in [4.78, 5) is 35.9. The van der Waals surface area contributed by atoms with Crippen LogP contribution < -0.4 is 15.4 Å². The highest BCUT2D eigenvalue weighted by atomic mass is 32.2. The number of urea groups is 1. The van der Waals surface area contributed by atoms with Gasteiger partial charge in [-0.25, -0.2) is 40.7 Å². The first-order valence-electron chi connectivity index (χ1n) is 11.0. The number of halogens is 1. The van der Waals surface area contributed by atoms with Crippen molar-refractivity contribution in [3.63, 3.8) is 0 Å². The van der Waals surface area contributed by atoms with Gasteiger partial charge in [0.05, 0.1) is 24.2 Å². The van der Waals surface area contributed by atoms with Crippen LogP contribution in [0.1, 0.15) is 41.7 Å². The van der Waals surface area contributed by atoms with Gasteiger partial charge in [-0.15, -0.1) is 0 Å². The van der Waals surface area contributed by atoms with Crippen LogP contribution in [0.15, 0.2) is 40.0 Å². The highest BCUT2D eigenvalue weighted by molar-refractivity contribution is 7.93. The van der Waals surface area contributed by atoms with Crippen molar-refractivity contribution < 1.29 is 30.8 Å². The lowest BCUT2D eigenvalue weighted by atomic mass is 9.95. The molecule has 1 saturated carbocycles. The minimum absolute atomic E-state index is 0.0420. The van der Waals surface area contributed by atoms with Crippen LogP contribution in [0, 0.1) is 11.7 Å². The fraction of sp³-hybridized carbons (Fsp3) is 0.333. The standard InChI is InChI=1S/C21H23FN6O6S3/c1-36(31,32)25-11-16-18(37(33,34)21-23-8-9-24-21)35-20(27-16)28-19(30)26-15-7-6-13(22)10-14(15)17(29)12-4-2-3-5-12/h6-10,12,25H,2-5,11H2,1H3,(H,23,24)(H2,26,27,28,30). The van der Waals surface area contributed by atoms with Gasteiger partial charge in [0, 0.05) is 23.9 Å². The Hall–Kier alpha value is -3.21. The monoisotopic (exact) mass is 570 g/mol. The van der Waals surface area contributed by atoms with Crippen molar-refractivity contribution in [2.45, 2.75) is 41.6 Å². The Bertz CT molecular complexity index is 1530. The van der Waals surface area contributed by atoms with Gasteiger partial charge < -0.3 is 10.3 Å². The minimum atomic E-state index is -4.20. The summed E-state index contributed by atoms with van der Waals surface area (Å²) in [5.74, 6) is -1.13. The summed E-state index contributed by atoms with van der Waals surface area (Å²) in [7, 11) is -7.89. The molecule has 16 heteroatoms. The molecule has 37 heavy (non-hydrogen) atoms. The van der Waals surface area contributed by atoms with Gasteiger partial charge in [-0.05, 0) is 31.0 Å². The molecule has 198 valence electrons. The zero-order valence-electron chi connectivity index (χ0n) is 19.4. The minimum Gasteiger partial charge on any atom is -0.335 e. The van der Waals surface area contributed by atoms with Gasteiger partial charge in [0.15, 0.2) is 15.1 Å². The van der Waals surface area contributed by atoms with Crippen LogP contribution >= 0.6 is 11.3 Å². The van der Waals surface area contributed by atoms with Crippen molar-refractivity contribution in [3.05, 3.63) is 47.7 Å². The predicted molar refractivity (Wildman–Crippen MR) is 133 cm³/mol. The third-order valence-electron chi connectivity index (χ3n) is 5.58. The quantitative estimate of drug-likeness (QED) is 0.283. The van der Waals surface area contributed by atoms with Gasteiger partial charge in [-0.3, -0.25) is 10.1 Å². The summed E-state index contributed by atoms with van der Waals surface area (Å²) in [6.07, 6.45) is 6.64. The van der Waals surface area contributed by atoms with Crippen molar-refractivity contribution >= 4 is 53.8 Å². The van der Waals surface area contributed by atoms with Crippen LogP contribution in [-0.2, 0) is 26.4 Å². The molecule has 2 heterocycles. The number of hydrogen-bond donors (Lipinski definition) is 4. The van der Waals surface area contributed by atoms with E-state index in [0.29, 0.717) is 24.2 Å². The average molecular weight is 571 g/mol. The number of anilines is 2. The molecule has 0 atom stereocenters. The Morgan fingerprint density at radius 3 is 2.54 bits per heavy atom. The van der Waals surface area contributed by atoms with E-state index in [1.165, 1.54) is 18.5 Å². The van der Waals surface area contributed by atoms with Gasteiger partial charge in [-0.1, -0.05) is 24.2 Å². The molecule has 1 aliphatic rings. The van der Waals surface area contributed by atoms with Crippen molar-refractivity contribution in [2.24, 2.45) is 5.92 Å². The summed E-state index contributed by atoms with van der Waals surface area (Å²) < 4.78 is 64.9. The van der Waals surface area contributed by atoms with Crippen LogP contribution in [-0.4, -0.2) is 49.9 Å². The number of amides is 2. The molecular weight excluding hydrogens is 547 g/mol. The van der Waals surface area contributed by atoms with Crippen LogP contribution in [0.3, 0.4) is 0 Å². The first kappa shape index (κ1) is 26.8. The van der Waals surface area contributed by atoms with Crippen LogP contribution in [0.2, 0.25) is 0 Å². The molecule has 3 aromatic rings. The molecule has 4 rings (SSSR count). The van der Waals surface area contributed by atoms with Crippen molar-refractivity contribution in [3.8, 4) is 0 Å². The summed E-state index contributed by atoms with van der Waals surface area (Å²) in [5, 5.41) is 4.35. The van der Waals surface area contributed by atoms with E-state index in [-0.39, 0.29) is 43.1 Å². The normalized spacial score (nSPS) is 14.5. The number of rotatable bonds is 9. The molecule has 2 amide bonds. The van der Waals surface area contributed by atoms with Crippen molar-refractivity contribution in [2.75, 3.05) is 16.9 Å². The zero-order valence-corrected chi connectivity index (χ0v) is 21.9. The predicted octanol–water partition coefficient (Wildman–Crippen LogP) is 2.90. The number of carbonyl (C=O) groups is 2. The zero-order chi connectivity index (χ0) is 26.8. The van der Waals surface area contributed by atoms with E-state index < -0.39 is 38.3 Å². The molecule has 2 aromatic heterocycles. The highest BCUT2D eigenvalue weighted by Crippen LogP contribution is 2.33. The molecule has 12 nitrogen and oxygen atoms in total. The van der Waals surface area contributed by atoms with E-state index in [9.17, 15) is 30.8 Å². The summed E-state index contributed by atoms with van der Waals surface area (Å²) in [6, 6.07) is 2.59. The second-order valence-electron chi connectivity index (χ2n) is 8.36. The number of thiazole rings is 1. The average Bonchev–Trinajstić information content (AvgIpc) is 3.59. The number of aromatic amines is 1. The first-order valence-corrected chi connectivity index (χ1v) is 15.2. The molecule has 1 aliphatic carbocycles. The molecule has 0 spiro atoms. The van der Waals surface area contributed by atoms with E-state index in [2.05, 4.69) is 30.3 Å². The summed E-state index contributed by atoms with van der Waals surface area (Å²) in [6.45, 7) is -0.452. The molecule has 1 aromatic carbocycles. The number of ketones is 1. The fourth-order valence-corrected chi connectivity index (χ4v) is 6.93. The number of Topliss-reactive ketones (excluding diaryl/α,β-unsaturated/α-hetero) is 1. The van der Waals surface area contributed by atoms with Gasteiger partial charge in [0.1, 0.15) is 5.82 Å². The third-order valence-corrected chi connectivity index (χ3v) is 9.42. The maximum atomic E-state index is 13.9. The fourth-order valence-electron chi connectivity index (χ4n) is 3.89. The van der Waals surface area contributed by atoms with Gasteiger partial charge in [-0.2, -0.15) is 0 Å². The Labute approximate surface area is 216 Å². The number of nitrogens with zero attached hydrogens (tertiary/aromatic N) is 2. The Morgan fingerprint density at radius 1 is 1.16 bits per heavy atom. The SMILES string of the molecule is CS(=O)(=O)NCc1nc(NC(=O)Nc2ccc(F)cc2C(=O)C2CCCC2)sc1S(=O)(=O)c1ncc[nH]1. The second kappa shape index (κ2) is 10.6. The van der Waals surface area contributed by atoms with Gasteiger partial charge in [0.25, 0.3) is 9.84 Å². The third kappa shape index (κ3) is 6.38. The van der Waals surface area contributed by atoms with Gasteiger partial charge >= 0.3 is 6.03 Å². The Balaban J connectivity index is 1.58. The van der Waals surface area contributed by atoms with Crippen LogP contribution in [0.5, 0.6) is 0 Å². The van der Waals surface area contributed by atoms with Gasteiger partial charge in [0.2, 0.25) is 15.2 Å². The maximum Gasteiger partial charge on any atom is 0.325 e. The van der Waals surface area contributed by atoms with E-state index in [0.717, 1.165) is 31.2 Å². The lowest BCUT2D eigenvalue weighted by molar-refractivity contribution is 0.0923. The maximum absolute atomic E-state index is 13.9. The Morgan fingerprint density at radius 2 is 1.89 bits per heavy atom. The molecule has 1 fully saturated rings. The number of nitrogens with one attached hydrogen (secondary N) is 4. The number of imidazole rings is 1. The summed E-state index contributed by atoms with van der Waals surface area (Å²) >= 11 is 0.595. The van der Waals surface area contributed by atoms with Crippen molar-refractivity contribution in [1.82, 2.24) is 19.7 Å². The molecule has 0 radical (unpaired) electrons. The van der Waals surface area contributed by atoms with Crippen molar-refractivity contribution in [1.29, 1.82) is 0 Å². The Kier molecular flexibility index (Phi) is 7.72. The molecule has 4 N–H and O–H groups in total. The molecule has 0 unspecified atom stereocenters. The largest absolute Gasteiger partial charge is 0.335 e. The lowest BCUT2D eigenvalue weighted by Crippen LogP contribution is -2.23. The van der Waals surface area contributed by atoms with E-state index in [1.54, 1.807) is 0 Å². The number of H-pyrrole nitrogens is 1. The number of sulfonamides is 1. The molecule has 0 bridgehead atoms. The molecular formula is C21H23FN6O6S3. The lowest BCUT2D eigenvalue weighted by Gasteiger charge is -2.14. The van der Waals surface area contributed by atoms with Crippen LogP contribution in [0.4, 0.5) is 20.0 Å².